The number of hydrogen-bond acceptors (Lipinski definition) is 4. The Morgan fingerprint density at radius 3 is 2.81 bits per heavy atom. The normalized spacial score (nSPS) is 25.2. The van der Waals surface area contributed by atoms with Crippen LogP contribution in [-0.4, -0.2) is 37.2 Å². The van der Waals surface area contributed by atoms with Crippen LogP contribution in [0.2, 0.25) is 0 Å². The zero-order valence-corrected chi connectivity index (χ0v) is 16.1. The van der Waals surface area contributed by atoms with Crippen molar-refractivity contribution in [1.29, 1.82) is 0 Å². The molecule has 0 aromatic heterocycles. The third-order valence-corrected chi connectivity index (χ3v) is 7.16. The van der Waals surface area contributed by atoms with Gasteiger partial charge in [-0.1, -0.05) is 31.6 Å². The highest BCUT2D eigenvalue weighted by Gasteiger charge is 2.47. The lowest BCUT2D eigenvalue weighted by atomic mass is 9.92. The van der Waals surface area contributed by atoms with Gasteiger partial charge in [-0.25, -0.2) is 12.8 Å². The van der Waals surface area contributed by atoms with Crippen molar-refractivity contribution >= 4 is 15.9 Å². The first-order chi connectivity index (χ1) is 12.2. The zero-order valence-electron chi connectivity index (χ0n) is 15.3. The van der Waals surface area contributed by atoms with Crippen LogP contribution in [0.4, 0.5) is 4.39 Å². The fraction of sp³-hybridized carbons (Fsp3) is 0.500. The van der Waals surface area contributed by atoms with Crippen molar-refractivity contribution < 1.29 is 22.7 Å². The monoisotopic (exact) mass is 380 g/mol. The number of hydrogen-bond donors (Lipinski definition) is 1. The molecular formula is C20H25FO4S. The fourth-order valence-electron chi connectivity index (χ4n) is 3.77. The summed E-state index contributed by atoms with van der Waals surface area (Å²) < 4.78 is 44.0. The van der Waals surface area contributed by atoms with Crippen molar-refractivity contribution in [1.82, 2.24) is 0 Å². The number of fused-ring (bicyclic) bond motifs is 1. The van der Waals surface area contributed by atoms with Crippen molar-refractivity contribution in [2.24, 2.45) is 5.92 Å². The van der Waals surface area contributed by atoms with Crippen LogP contribution in [0, 0.1) is 11.7 Å². The number of phenols is 1. The van der Waals surface area contributed by atoms with E-state index in [0.29, 0.717) is 12.0 Å². The molecule has 0 amide bonds. The molecule has 2 aliphatic rings. The lowest BCUT2D eigenvalue weighted by Gasteiger charge is -2.16. The molecule has 142 valence electrons. The smallest absolute Gasteiger partial charge is 0.165 e. The van der Waals surface area contributed by atoms with E-state index in [-0.39, 0.29) is 30.1 Å². The Hall–Kier alpha value is -1.66. The van der Waals surface area contributed by atoms with Gasteiger partial charge in [-0.2, -0.15) is 0 Å². The Morgan fingerprint density at radius 2 is 2.15 bits per heavy atom. The van der Waals surface area contributed by atoms with E-state index in [1.807, 2.05) is 26.8 Å². The molecule has 1 fully saturated rings. The van der Waals surface area contributed by atoms with Crippen molar-refractivity contribution in [3.63, 3.8) is 0 Å². The largest absolute Gasteiger partial charge is 0.505 e. The number of ether oxygens (including phenoxy) is 1. The van der Waals surface area contributed by atoms with E-state index in [9.17, 15) is 17.9 Å². The minimum absolute atomic E-state index is 0.158. The van der Waals surface area contributed by atoms with Crippen LogP contribution in [0.15, 0.2) is 34.9 Å². The maximum atomic E-state index is 13.4. The van der Waals surface area contributed by atoms with Crippen LogP contribution in [0.1, 0.15) is 39.2 Å². The average Bonchev–Trinajstić information content (AvgIpc) is 3.09. The molecule has 1 aromatic carbocycles. The van der Waals surface area contributed by atoms with Crippen LogP contribution in [-0.2, 0) is 14.6 Å². The average molecular weight is 380 g/mol. The van der Waals surface area contributed by atoms with Gasteiger partial charge in [0.2, 0.25) is 0 Å². The van der Waals surface area contributed by atoms with Crippen LogP contribution in [0.5, 0.6) is 5.75 Å². The summed E-state index contributed by atoms with van der Waals surface area (Å²) >= 11 is 0. The Balaban J connectivity index is 1.72. The summed E-state index contributed by atoms with van der Waals surface area (Å²) in [6.07, 6.45) is 3.16. The van der Waals surface area contributed by atoms with Crippen molar-refractivity contribution in [2.75, 3.05) is 12.4 Å². The molecule has 0 radical (unpaired) electrons. The number of halogens is 1. The quantitative estimate of drug-likeness (QED) is 0.788. The molecule has 0 aliphatic carbocycles. The fourth-order valence-corrected chi connectivity index (χ4v) is 5.88. The Labute approximate surface area is 154 Å². The summed E-state index contributed by atoms with van der Waals surface area (Å²) in [6.45, 7) is 6.27. The van der Waals surface area contributed by atoms with Crippen LogP contribution in [0.3, 0.4) is 0 Å². The standard InChI is InChI=1S/C20H25FO4S/c1-12(2)15-11-26(23,24)19-10-25-18(20(15)19)7-4-13(3)8-14-5-6-17(22)16(21)9-14/h5-6,8-9,12,18-19,22H,4,7,10-11H2,1-3H3/b13-8+/t18-,19+/m1/s1. The maximum Gasteiger partial charge on any atom is 0.165 e. The Kier molecular flexibility index (Phi) is 5.26. The number of sulfone groups is 1. The predicted molar refractivity (Wildman–Crippen MR) is 100 cm³/mol. The topological polar surface area (TPSA) is 63.6 Å². The minimum Gasteiger partial charge on any atom is -0.505 e. The molecule has 2 aliphatic heterocycles. The molecule has 2 heterocycles. The second kappa shape index (κ2) is 7.16. The maximum absolute atomic E-state index is 13.4. The molecule has 26 heavy (non-hydrogen) atoms. The molecule has 1 N–H and O–H groups in total. The van der Waals surface area contributed by atoms with E-state index in [1.54, 1.807) is 6.07 Å². The molecule has 3 rings (SSSR count). The number of aromatic hydroxyl groups is 1. The van der Waals surface area contributed by atoms with E-state index in [4.69, 9.17) is 4.74 Å². The lowest BCUT2D eigenvalue weighted by molar-refractivity contribution is 0.117. The first kappa shape index (κ1) is 19.1. The SMILES string of the molecule is C/C(=C\c1ccc(O)c(F)c1)CC[C@H]1OC[C@H]2C1=C(C(C)C)CS2(=O)=O. The summed E-state index contributed by atoms with van der Waals surface area (Å²) in [5.74, 6) is -0.644. The lowest BCUT2D eigenvalue weighted by Crippen LogP contribution is -2.19. The highest BCUT2D eigenvalue weighted by Crippen LogP contribution is 2.40. The molecule has 2 atom stereocenters. The van der Waals surface area contributed by atoms with E-state index >= 15 is 0 Å². The zero-order chi connectivity index (χ0) is 19.1. The first-order valence-electron chi connectivity index (χ1n) is 8.90. The van der Waals surface area contributed by atoms with E-state index in [2.05, 4.69) is 0 Å². The van der Waals surface area contributed by atoms with Gasteiger partial charge in [-0.05, 0) is 54.5 Å². The number of benzene rings is 1. The van der Waals surface area contributed by atoms with Gasteiger partial charge in [0.25, 0.3) is 0 Å². The van der Waals surface area contributed by atoms with Gasteiger partial charge in [-0.3, -0.25) is 0 Å². The minimum atomic E-state index is -3.13. The highest BCUT2D eigenvalue weighted by atomic mass is 32.2. The van der Waals surface area contributed by atoms with Gasteiger partial charge in [-0.15, -0.1) is 0 Å². The van der Waals surface area contributed by atoms with Crippen molar-refractivity contribution in [2.45, 2.75) is 45.0 Å². The molecule has 4 nitrogen and oxygen atoms in total. The highest BCUT2D eigenvalue weighted by molar-refractivity contribution is 7.92. The molecule has 0 unspecified atom stereocenters. The van der Waals surface area contributed by atoms with Gasteiger partial charge in [0.05, 0.1) is 18.5 Å². The molecule has 0 spiro atoms. The summed E-state index contributed by atoms with van der Waals surface area (Å²) in [4.78, 5) is 0. The first-order valence-corrected chi connectivity index (χ1v) is 10.6. The van der Waals surface area contributed by atoms with E-state index in [0.717, 1.165) is 23.1 Å². The predicted octanol–water partition coefficient (Wildman–Crippen LogP) is 3.86. The number of phenolic OH excluding ortho intramolecular Hbond substituents is 1. The molecular weight excluding hydrogens is 355 g/mol. The molecule has 1 saturated heterocycles. The molecule has 0 saturated carbocycles. The Bertz CT molecular complexity index is 868. The third kappa shape index (κ3) is 3.71. The second-order valence-corrected chi connectivity index (χ2v) is 9.68. The Morgan fingerprint density at radius 1 is 1.42 bits per heavy atom. The van der Waals surface area contributed by atoms with Gasteiger partial charge >= 0.3 is 0 Å². The number of allylic oxidation sites excluding steroid dienone is 1. The molecule has 0 bridgehead atoms. The van der Waals surface area contributed by atoms with Crippen LogP contribution in [0.25, 0.3) is 6.08 Å². The summed E-state index contributed by atoms with van der Waals surface area (Å²) in [5.41, 5.74) is 3.73. The van der Waals surface area contributed by atoms with Crippen LogP contribution < -0.4 is 0 Å². The van der Waals surface area contributed by atoms with E-state index < -0.39 is 20.9 Å². The van der Waals surface area contributed by atoms with Crippen LogP contribution >= 0.6 is 0 Å². The third-order valence-electron chi connectivity index (χ3n) is 5.19. The van der Waals surface area contributed by atoms with Gasteiger partial charge in [0.1, 0.15) is 5.25 Å². The second-order valence-electron chi connectivity index (χ2n) is 7.49. The molecule has 6 heteroatoms. The summed E-state index contributed by atoms with van der Waals surface area (Å²) in [6, 6.07) is 4.29. The summed E-state index contributed by atoms with van der Waals surface area (Å²) in [5, 5.41) is 8.79. The molecule has 1 aromatic rings. The van der Waals surface area contributed by atoms with Gasteiger partial charge < -0.3 is 9.84 Å². The number of rotatable bonds is 5. The summed E-state index contributed by atoms with van der Waals surface area (Å²) in [7, 11) is -3.13. The van der Waals surface area contributed by atoms with Crippen molar-refractivity contribution in [3.05, 3.63) is 46.3 Å². The van der Waals surface area contributed by atoms with Gasteiger partial charge in [0, 0.05) is 0 Å². The van der Waals surface area contributed by atoms with Gasteiger partial charge in [0.15, 0.2) is 21.4 Å². The van der Waals surface area contributed by atoms with E-state index in [1.165, 1.54) is 12.1 Å². The van der Waals surface area contributed by atoms with Crippen molar-refractivity contribution in [3.8, 4) is 5.75 Å².